The maximum Gasteiger partial charge on any atom is 0.0913 e. The van der Waals surface area contributed by atoms with Gasteiger partial charge in [-0.25, -0.2) is 0 Å². The Hall–Kier alpha value is -1.27. The molecule has 6 nitrogen and oxygen atoms in total. The maximum atomic E-state index is 8.66. The molecule has 0 aliphatic carbocycles. The van der Waals surface area contributed by atoms with Gasteiger partial charge in [-0.3, -0.25) is 0 Å². The highest BCUT2D eigenvalue weighted by atomic mass is 16.3. The number of nitrogens with two attached hydrogens (primary N) is 1. The van der Waals surface area contributed by atoms with E-state index in [4.69, 9.17) is 16.1 Å². The van der Waals surface area contributed by atoms with Crippen LogP contribution in [0.5, 0.6) is 0 Å². The van der Waals surface area contributed by atoms with Gasteiger partial charge in [0.1, 0.15) is 0 Å². The normalized spacial score (nSPS) is 12.9. The Bertz CT molecular complexity index is 252. The van der Waals surface area contributed by atoms with Crippen molar-refractivity contribution in [2.24, 2.45) is 21.1 Å². The van der Waals surface area contributed by atoms with Gasteiger partial charge in [-0.2, -0.15) is 15.3 Å². The third-order valence-electron chi connectivity index (χ3n) is 1.46. The van der Waals surface area contributed by atoms with Crippen LogP contribution in [0.1, 0.15) is 20.3 Å². The van der Waals surface area contributed by atoms with Crippen LogP contribution in [0, 0.1) is 0 Å². The van der Waals surface area contributed by atoms with Crippen LogP contribution in [-0.4, -0.2) is 40.6 Å². The third-order valence-corrected chi connectivity index (χ3v) is 1.46. The second-order valence-electron chi connectivity index (χ2n) is 2.86. The van der Waals surface area contributed by atoms with Crippen molar-refractivity contribution in [1.29, 1.82) is 0 Å². The van der Waals surface area contributed by atoms with E-state index in [1.54, 1.807) is 13.8 Å². The number of aliphatic hydroxyl groups excluding tert-OH is 2. The lowest BCUT2D eigenvalue weighted by molar-refractivity contribution is 0.319. The van der Waals surface area contributed by atoms with Crippen LogP contribution < -0.4 is 5.84 Å². The van der Waals surface area contributed by atoms with Crippen molar-refractivity contribution in [3.63, 3.8) is 0 Å². The van der Waals surface area contributed by atoms with Gasteiger partial charge in [0.2, 0.25) is 0 Å². The van der Waals surface area contributed by atoms with Crippen molar-refractivity contribution in [2.75, 3.05) is 13.2 Å². The van der Waals surface area contributed by atoms with Crippen LogP contribution in [-0.2, 0) is 0 Å². The predicted molar refractivity (Wildman–Crippen MR) is 56.6 cm³/mol. The molecular weight excluding hydrogens is 184 g/mol. The molecule has 0 heterocycles. The highest BCUT2D eigenvalue weighted by Gasteiger charge is 1.96. The molecule has 0 aliphatic rings. The van der Waals surface area contributed by atoms with E-state index in [1.165, 1.54) is 0 Å². The van der Waals surface area contributed by atoms with Crippen molar-refractivity contribution in [3.05, 3.63) is 0 Å². The van der Waals surface area contributed by atoms with Crippen molar-refractivity contribution in [1.82, 2.24) is 0 Å². The molecule has 0 aliphatic heterocycles. The summed E-state index contributed by atoms with van der Waals surface area (Å²) < 4.78 is 0. The second kappa shape index (κ2) is 7.16. The monoisotopic (exact) mass is 200 g/mol. The molecule has 80 valence electrons. The Morgan fingerprint density at radius 1 is 1.07 bits per heavy atom. The lowest BCUT2D eigenvalue weighted by Crippen LogP contribution is -2.09. The summed E-state index contributed by atoms with van der Waals surface area (Å²) in [6, 6.07) is 0. The van der Waals surface area contributed by atoms with Crippen LogP contribution in [0.3, 0.4) is 0 Å². The highest BCUT2D eigenvalue weighted by molar-refractivity contribution is 6.02. The average molecular weight is 200 g/mol. The summed E-state index contributed by atoms with van der Waals surface area (Å²) in [5.74, 6) is 5.05. The van der Waals surface area contributed by atoms with Crippen molar-refractivity contribution in [2.45, 2.75) is 20.3 Å². The van der Waals surface area contributed by atoms with E-state index in [2.05, 4.69) is 15.3 Å². The summed E-state index contributed by atoms with van der Waals surface area (Å²) in [6.07, 6.45) is 0.532. The molecule has 0 aromatic carbocycles. The first-order chi connectivity index (χ1) is 6.63. The molecule has 0 radical (unpaired) electrons. The molecule has 0 unspecified atom stereocenters. The number of hydrogen-bond acceptors (Lipinski definition) is 6. The molecule has 0 saturated heterocycles. The quantitative estimate of drug-likeness (QED) is 0.317. The van der Waals surface area contributed by atoms with E-state index >= 15 is 0 Å². The Morgan fingerprint density at radius 3 is 2.07 bits per heavy atom. The first-order valence-corrected chi connectivity index (χ1v) is 4.18. The molecule has 0 bridgehead atoms. The SMILES string of the molecule is C/C(C/C(C)=N/N=C(CO)CO)=N\N. The molecule has 14 heavy (non-hydrogen) atoms. The van der Waals surface area contributed by atoms with Crippen LogP contribution in [0.4, 0.5) is 0 Å². The zero-order valence-electron chi connectivity index (χ0n) is 8.43. The van der Waals surface area contributed by atoms with Gasteiger partial charge in [0.25, 0.3) is 0 Å². The van der Waals surface area contributed by atoms with Gasteiger partial charge in [-0.15, -0.1) is 0 Å². The van der Waals surface area contributed by atoms with E-state index in [1.807, 2.05) is 0 Å². The Kier molecular flexibility index (Phi) is 6.51. The minimum atomic E-state index is -0.294. The molecule has 6 heteroatoms. The molecular formula is C8H16N4O2. The summed E-state index contributed by atoms with van der Waals surface area (Å²) in [6.45, 7) is 2.96. The molecule has 0 fully saturated rings. The van der Waals surface area contributed by atoms with E-state index in [-0.39, 0.29) is 18.9 Å². The molecule has 0 saturated carbocycles. The first kappa shape index (κ1) is 12.7. The van der Waals surface area contributed by atoms with Gasteiger partial charge in [0.05, 0.1) is 18.9 Å². The molecule has 0 rings (SSSR count). The fourth-order valence-electron chi connectivity index (χ4n) is 0.721. The molecule has 0 aromatic heterocycles. The molecule has 0 amide bonds. The smallest absolute Gasteiger partial charge is 0.0913 e. The average Bonchev–Trinajstić information content (AvgIpc) is 2.19. The van der Waals surface area contributed by atoms with Crippen LogP contribution in [0.15, 0.2) is 15.3 Å². The Morgan fingerprint density at radius 2 is 1.64 bits per heavy atom. The summed E-state index contributed by atoms with van der Waals surface area (Å²) in [5.41, 5.74) is 1.69. The molecule has 0 spiro atoms. The van der Waals surface area contributed by atoms with Gasteiger partial charge >= 0.3 is 0 Å². The molecule has 0 aromatic rings. The van der Waals surface area contributed by atoms with Gasteiger partial charge in [0.15, 0.2) is 0 Å². The van der Waals surface area contributed by atoms with Crippen LogP contribution in [0.25, 0.3) is 0 Å². The number of hydrogen-bond donors (Lipinski definition) is 3. The fraction of sp³-hybridized carbons (Fsp3) is 0.625. The van der Waals surface area contributed by atoms with E-state index in [0.29, 0.717) is 6.42 Å². The fourth-order valence-corrected chi connectivity index (χ4v) is 0.721. The first-order valence-electron chi connectivity index (χ1n) is 4.18. The van der Waals surface area contributed by atoms with Crippen LogP contribution >= 0.6 is 0 Å². The standard InChI is InChI=1S/C8H16N4O2/c1-6(10-9)3-7(2)11-12-8(4-13)5-14/h13-14H,3-5,9H2,1-2H3/b10-6+,11-7+. The third kappa shape index (κ3) is 5.39. The maximum absolute atomic E-state index is 8.66. The minimum absolute atomic E-state index is 0.228. The van der Waals surface area contributed by atoms with Gasteiger partial charge < -0.3 is 16.1 Å². The van der Waals surface area contributed by atoms with Crippen LogP contribution in [0.2, 0.25) is 0 Å². The van der Waals surface area contributed by atoms with Crippen molar-refractivity contribution >= 4 is 17.1 Å². The van der Waals surface area contributed by atoms with Crippen molar-refractivity contribution < 1.29 is 10.2 Å². The number of hydrazone groups is 1. The lowest BCUT2D eigenvalue weighted by Gasteiger charge is -1.97. The number of nitrogens with zero attached hydrogens (tertiary/aromatic N) is 3. The summed E-state index contributed by atoms with van der Waals surface area (Å²) in [7, 11) is 0. The summed E-state index contributed by atoms with van der Waals surface area (Å²) in [4.78, 5) is 0. The summed E-state index contributed by atoms with van der Waals surface area (Å²) >= 11 is 0. The lowest BCUT2D eigenvalue weighted by atomic mass is 10.2. The van der Waals surface area contributed by atoms with E-state index in [0.717, 1.165) is 11.4 Å². The molecule has 0 atom stereocenters. The Balaban J connectivity index is 4.30. The minimum Gasteiger partial charge on any atom is -0.390 e. The Labute approximate surface area is 82.8 Å². The molecule has 4 N–H and O–H groups in total. The predicted octanol–water partition coefficient (Wildman–Crippen LogP) is -0.487. The topological polar surface area (TPSA) is 104 Å². The van der Waals surface area contributed by atoms with E-state index < -0.39 is 0 Å². The largest absolute Gasteiger partial charge is 0.390 e. The number of aliphatic hydroxyl groups is 2. The van der Waals surface area contributed by atoms with Crippen molar-refractivity contribution in [3.8, 4) is 0 Å². The second-order valence-corrected chi connectivity index (χ2v) is 2.86. The van der Waals surface area contributed by atoms with Gasteiger partial charge in [-0.05, 0) is 13.8 Å². The highest BCUT2D eigenvalue weighted by Crippen LogP contribution is 1.91. The number of rotatable bonds is 5. The zero-order chi connectivity index (χ0) is 11.0. The van der Waals surface area contributed by atoms with Gasteiger partial charge in [-0.1, -0.05) is 0 Å². The zero-order valence-corrected chi connectivity index (χ0v) is 8.43. The van der Waals surface area contributed by atoms with Gasteiger partial charge in [0, 0.05) is 17.8 Å². The van der Waals surface area contributed by atoms with E-state index in [9.17, 15) is 0 Å². The summed E-state index contributed by atoms with van der Waals surface area (Å²) in [5, 5.41) is 28.3.